The van der Waals surface area contributed by atoms with Crippen molar-refractivity contribution in [2.75, 3.05) is 14.1 Å². The van der Waals surface area contributed by atoms with Gasteiger partial charge in [0.2, 0.25) is 0 Å². The van der Waals surface area contributed by atoms with Crippen LogP contribution in [0.5, 0.6) is 0 Å². The molecular weight excluding hydrogens is 440 g/mol. The van der Waals surface area contributed by atoms with Gasteiger partial charge in [-0.1, -0.05) is 19.3 Å². The zero-order chi connectivity index (χ0) is 26.7. The standard InChI is InChI=1S/C29H54N2O4/c1-26(2)18-22(19-27(3,4)30(26)9)34-24(32)16-14-12-11-13-15-17-25(33)35-23-20-28(5,6)31(10)29(7,8)21-23/h22-23H,11-21H2,1-10H3. The van der Waals surface area contributed by atoms with Crippen molar-refractivity contribution in [3.63, 3.8) is 0 Å². The molecule has 0 radical (unpaired) electrons. The van der Waals surface area contributed by atoms with Crippen LogP contribution in [-0.2, 0) is 19.1 Å². The van der Waals surface area contributed by atoms with Gasteiger partial charge in [0.25, 0.3) is 0 Å². The zero-order valence-electron chi connectivity index (χ0n) is 24.5. The van der Waals surface area contributed by atoms with Crippen LogP contribution in [0.1, 0.15) is 126 Å². The van der Waals surface area contributed by atoms with E-state index in [0.29, 0.717) is 12.8 Å². The summed E-state index contributed by atoms with van der Waals surface area (Å²) in [6, 6.07) is 0. The average Bonchev–Trinajstić information content (AvgIpc) is 2.68. The number of rotatable bonds is 10. The summed E-state index contributed by atoms with van der Waals surface area (Å²) in [6.45, 7) is 17.8. The lowest BCUT2D eigenvalue weighted by atomic mass is 9.78. The van der Waals surface area contributed by atoms with Crippen LogP contribution >= 0.6 is 0 Å². The van der Waals surface area contributed by atoms with Gasteiger partial charge in [-0.15, -0.1) is 0 Å². The largest absolute Gasteiger partial charge is 0.462 e. The molecule has 204 valence electrons. The first-order valence-electron chi connectivity index (χ1n) is 13.8. The number of hydrogen-bond acceptors (Lipinski definition) is 6. The van der Waals surface area contributed by atoms with E-state index in [4.69, 9.17) is 9.47 Å². The summed E-state index contributed by atoms with van der Waals surface area (Å²) < 4.78 is 11.7. The molecule has 0 aromatic carbocycles. The molecule has 0 aliphatic carbocycles. The summed E-state index contributed by atoms with van der Waals surface area (Å²) >= 11 is 0. The number of carbonyl (C=O) groups is 2. The van der Waals surface area contributed by atoms with Crippen molar-refractivity contribution in [1.82, 2.24) is 9.80 Å². The maximum absolute atomic E-state index is 12.4. The maximum Gasteiger partial charge on any atom is 0.306 e. The SMILES string of the molecule is CN1C(C)(C)CC(OC(=O)CCCCCCCC(=O)OC2CC(C)(C)N(C)C(C)(C)C2)CC1(C)C. The van der Waals surface area contributed by atoms with Gasteiger partial charge in [-0.3, -0.25) is 19.4 Å². The fraction of sp³-hybridized carbons (Fsp3) is 0.931. The Balaban J connectivity index is 1.58. The molecule has 0 aromatic rings. The first-order chi connectivity index (χ1) is 16.0. The Morgan fingerprint density at radius 2 is 0.829 bits per heavy atom. The van der Waals surface area contributed by atoms with E-state index < -0.39 is 0 Å². The Bertz CT molecular complexity index is 632. The van der Waals surface area contributed by atoms with Gasteiger partial charge in [0.15, 0.2) is 0 Å². The maximum atomic E-state index is 12.4. The second kappa shape index (κ2) is 11.5. The quantitative estimate of drug-likeness (QED) is 0.270. The smallest absolute Gasteiger partial charge is 0.306 e. The summed E-state index contributed by atoms with van der Waals surface area (Å²) in [4.78, 5) is 29.6. The van der Waals surface area contributed by atoms with Gasteiger partial charge in [-0.2, -0.15) is 0 Å². The van der Waals surface area contributed by atoms with Gasteiger partial charge in [-0.25, -0.2) is 0 Å². The lowest BCUT2D eigenvalue weighted by Crippen LogP contribution is -2.60. The molecule has 2 heterocycles. The van der Waals surface area contributed by atoms with Crippen LogP contribution in [0, 0.1) is 0 Å². The number of ether oxygens (including phenoxy) is 2. The molecule has 2 saturated heterocycles. The molecule has 6 nitrogen and oxygen atoms in total. The average molecular weight is 495 g/mol. The molecule has 0 spiro atoms. The minimum atomic E-state index is -0.0706. The number of likely N-dealkylation sites (tertiary alicyclic amines) is 2. The Kier molecular flexibility index (Phi) is 9.88. The van der Waals surface area contributed by atoms with Crippen LogP contribution in [-0.4, -0.2) is 70.2 Å². The highest BCUT2D eigenvalue weighted by Gasteiger charge is 2.45. The molecule has 35 heavy (non-hydrogen) atoms. The van der Waals surface area contributed by atoms with Gasteiger partial charge in [0.05, 0.1) is 0 Å². The first-order valence-corrected chi connectivity index (χ1v) is 13.8. The molecule has 0 aromatic heterocycles. The highest BCUT2D eigenvalue weighted by molar-refractivity contribution is 5.70. The van der Waals surface area contributed by atoms with Gasteiger partial charge in [-0.05, 0) is 82.3 Å². The summed E-state index contributed by atoms with van der Waals surface area (Å²) in [5.74, 6) is -0.141. The normalized spacial score (nSPS) is 24.7. The predicted octanol–water partition coefficient (Wildman–Crippen LogP) is 6.11. The molecule has 0 bridgehead atoms. The molecule has 0 amide bonds. The molecule has 2 rings (SSSR count). The third-order valence-corrected chi connectivity index (χ3v) is 8.90. The topological polar surface area (TPSA) is 59.1 Å². The summed E-state index contributed by atoms with van der Waals surface area (Å²) in [5, 5.41) is 0. The summed E-state index contributed by atoms with van der Waals surface area (Å²) in [6.07, 6.45) is 9.18. The van der Waals surface area contributed by atoms with Gasteiger partial charge >= 0.3 is 11.9 Å². The van der Waals surface area contributed by atoms with E-state index in [-0.39, 0.29) is 46.3 Å². The molecule has 2 aliphatic heterocycles. The molecule has 0 saturated carbocycles. The Morgan fingerprint density at radius 1 is 0.571 bits per heavy atom. The Morgan fingerprint density at radius 3 is 1.11 bits per heavy atom. The van der Waals surface area contributed by atoms with Crippen molar-refractivity contribution in [2.45, 2.75) is 160 Å². The van der Waals surface area contributed by atoms with Crippen LogP contribution in [0.25, 0.3) is 0 Å². The van der Waals surface area contributed by atoms with E-state index in [1.54, 1.807) is 0 Å². The van der Waals surface area contributed by atoms with Crippen LogP contribution < -0.4 is 0 Å². The lowest BCUT2D eigenvalue weighted by molar-refractivity contribution is -0.160. The van der Waals surface area contributed by atoms with Crippen molar-refractivity contribution in [2.24, 2.45) is 0 Å². The van der Waals surface area contributed by atoms with E-state index in [1.807, 2.05) is 0 Å². The summed E-state index contributed by atoms with van der Waals surface area (Å²) in [5.41, 5.74) is 0.0857. The molecular formula is C29H54N2O4. The fourth-order valence-electron chi connectivity index (χ4n) is 6.28. The molecule has 0 unspecified atom stereocenters. The van der Waals surface area contributed by atoms with Gasteiger partial charge in [0, 0.05) is 60.7 Å². The minimum Gasteiger partial charge on any atom is -0.462 e. The fourth-order valence-corrected chi connectivity index (χ4v) is 6.28. The molecule has 2 fully saturated rings. The third kappa shape index (κ3) is 8.45. The first kappa shape index (κ1) is 30.1. The van der Waals surface area contributed by atoms with Crippen LogP contribution in [0.4, 0.5) is 0 Å². The molecule has 6 heteroatoms. The minimum absolute atomic E-state index is 0.00424. The van der Waals surface area contributed by atoms with Crippen molar-refractivity contribution < 1.29 is 19.1 Å². The van der Waals surface area contributed by atoms with E-state index >= 15 is 0 Å². The number of nitrogens with zero attached hydrogens (tertiary/aromatic N) is 2. The van der Waals surface area contributed by atoms with Crippen molar-refractivity contribution in [3.05, 3.63) is 0 Å². The number of unbranched alkanes of at least 4 members (excludes halogenated alkanes) is 4. The van der Waals surface area contributed by atoms with E-state index in [2.05, 4.69) is 79.3 Å². The van der Waals surface area contributed by atoms with E-state index in [1.165, 1.54) is 0 Å². The molecule has 2 aliphatic rings. The van der Waals surface area contributed by atoms with Crippen molar-refractivity contribution in [1.29, 1.82) is 0 Å². The highest BCUT2D eigenvalue weighted by atomic mass is 16.5. The predicted molar refractivity (Wildman–Crippen MR) is 142 cm³/mol. The number of carbonyl (C=O) groups excluding carboxylic acids is 2. The number of esters is 2. The third-order valence-electron chi connectivity index (χ3n) is 8.90. The van der Waals surface area contributed by atoms with Crippen LogP contribution in [0.15, 0.2) is 0 Å². The summed E-state index contributed by atoms with van der Waals surface area (Å²) in [7, 11) is 4.32. The molecule has 0 N–H and O–H groups in total. The van der Waals surface area contributed by atoms with Crippen molar-refractivity contribution in [3.8, 4) is 0 Å². The molecule has 0 atom stereocenters. The number of piperidine rings is 2. The van der Waals surface area contributed by atoms with E-state index in [9.17, 15) is 9.59 Å². The highest BCUT2D eigenvalue weighted by Crippen LogP contribution is 2.39. The van der Waals surface area contributed by atoms with Crippen LogP contribution in [0.3, 0.4) is 0 Å². The number of hydrogen-bond donors (Lipinski definition) is 0. The van der Waals surface area contributed by atoms with E-state index in [0.717, 1.165) is 57.8 Å². The van der Waals surface area contributed by atoms with Gasteiger partial charge in [0.1, 0.15) is 12.2 Å². The Labute approximate surface area is 215 Å². The lowest BCUT2D eigenvalue weighted by Gasteiger charge is -2.53. The van der Waals surface area contributed by atoms with Gasteiger partial charge < -0.3 is 9.47 Å². The second-order valence-electron chi connectivity index (χ2n) is 13.7. The van der Waals surface area contributed by atoms with Crippen LogP contribution in [0.2, 0.25) is 0 Å². The zero-order valence-corrected chi connectivity index (χ0v) is 24.5. The monoisotopic (exact) mass is 494 g/mol. The van der Waals surface area contributed by atoms with Crippen molar-refractivity contribution >= 4 is 11.9 Å². The second-order valence-corrected chi connectivity index (χ2v) is 13.7. The Hall–Kier alpha value is -1.14.